The van der Waals surface area contributed by atoms with Crippen molar-refractivity contribution < 1.29 is 4.74 Å². The molecule has 1 N–H and O–H groups in total. The van der Waals surface area contributed by atoms with Crippen molar-refractivity contribution in [1.29, 1.82) is 0 Å². The van der Waals surface area contributed by atoms with E-state index in [-0.39, 0.29) is 0 Å². The summed E-state index contributed by atoms with van der Waals surface area (Å²) in [5.74, 6) is 1.63. The lowest BCUT2D eigenvalue weighted by atomic mass is 10.0. The first-order chi connectivity index (χ1) is 11.2. The molecule has 2 aromatic rings. The maximum atomic E-state index is 5.49. The molecule has 0 amide bonds. The van der Waals surface area contributed by atoms with E-state index in [2.05, 4.69) is 34.4 Å². The Bertz CT molecular complexity index is 617. The van der Waals surface area contributed by atoms with Crippen LogP contribution in [0.15, 0.2) is 10.9 Å². The van der Waals surface area contributed by atoms with Crippen molar-refractivity contribution in [1.82, 2.24) is 20.1 Å². The summed E-state index contributed by atoms with van der Waals surface area (Å²) < 4.78 is 7.52. The van der Waals surface area contributed by atoms with Gasteiger partial charge >= 0.3 is 0 Å². The molecule has 0 radical (unpaired) electrons. The van der Waals surface area contributed by atoms with Gasteiger partial charge in [0.25, 0.3) is 0 Å². The molecule has 1 fully saturated rings. The fourth-order valence-corrected chi connectivity index (χ4v) is 3.58. The molecule has 0 aliphatic carbocycles. The van der Waals surface area contributed by atoms with Crippen LogP contribution in [0.3, 0.4) is 0 Å². The van der Waals surface area contributed by atoms with Gasteiger partial charge in [-0.2, -0.15) is 5.10 Å². The Morgan fingerprint density at radius 2 is 2.09 bits per heavy atom. The van der Waals surface area contributed by atoms with Crippen LogP contribution in [0.25, 0.3) is 0 Å². The number of aromatic nitrogens is 3. The molecule has 7 heteroatoms. The molecule has 2 aromatic heterocycles. The summed E-state index contributed by atoms with van der Waals surface area (Å²) in [7, 11) is 2.04. The number of aryl methyl sites for hydroxylation is 1. The topological polar surface area (TPSA) is 55.2 Å². The minimum absolute atomic E-state index is 0.409. The highest BCUT2D eigenvalue weighted by atomic mass is 32.1. The fraction of sp³-hybridized carbons (Fsp3) is 0.625. The van der Waals surface area contributed by atoms with Gasteiger partial charge in [0.15, 0.2) is 0 Å². The Labute approximate surface area is 141 Å². The van der Waals surface area contributed by atoms with Gasteiger partial charge in [-0.05, 0) is 5.92 Å². The number of hydrogen-bond acceptors (Lipinski definition) is 6. The molecule has 0 aromatic carbocycles. The second-order valence-electron chi connectivity index (χ2n) is 6.15. The maximum absolute atomic E-state index is 5.49. The molecule has 23 heavy (non-hydrogen) atoms. The van der Waals surface area contributed by atoms with Crippen molar-refractivity contribution >= 4 is 17.2 Å². The molecule has 126 valence electrons. The van der Waals surface area contributed by atoms with Gasteiger partial charge in [-0.25, -0.2) is 4.98 Å². The van der Waals surface area contributed by atoms with Gasteiger partial charge in [-0.1, -0.05) is 13.8 Å². The molecule has 1 aliphatic heterocycles. The van der Waals surface area contributed by atoms with E-state index >= 15 is 0 Å². The summed E-state index contributed by atoms with van der Waals surface area (Å²) in [5, 5.41) is 10.4. The zero-order chi connectivity index (χ0) is 16.2. The van der Waals surface area contributed by atoms with Crippen molar-refractivity contribution in [3.8, 4) is 0 Å². The summed E-state index contributed by atoms with van der Waals surface area (Å²) >= 11 is 1.63. The number of rotatable bonds is 6. The first-order valence-electron chi connectivity index (χ1n) is 8.13. The average molecular weight is 335 g/mol. The van der Waals surface area contributed by atoms with Crippen LogP contribution in [-0.2, 0) is 24.9 Å². The second kappa shape index (κ2) is 7.42. The van der Waals surface area contributed by atoms with Gasteiger partial charge in [0, 0.05) is 44.2 Å². The van der Waals surface area contributed by atoms with Gasteiger partial charge in [0.2, 0.25) is 0 Å². The van der Waals surface area contributed by atoms with E-state index in [0.717, 1.165) is 45.1 Å². The number of morpholine rings is 1. The number of thiazole rings is 1. The van der Waals surface area contributed by atoms with Gasteiger partial charge in [-0.15, -0.1) is 11.3 Å². The highest BCUT2D eigenvalue weighted by Crippen LogP contribution is 2.29. The van der Waals surface area contributed by atoms with Gasteiger partial charge in [0.05, 0.1) is 30.1 Å². The summed E-state index contributed by atoms with van der Waals surface area (Å²) in [6.07, 6.45) is 0. The van der Waals surface area contributed by atoms with Crippen molar-refractivity contribution in [2.24, 2.45) is 7.05 Å². The van der Waals surface area contributed by atoms with E-state index in [1.807, 2.05) is 17.2 Å². The number of ether oxygens (including phenoxy) is 1. The fourth-order valence-electron chi connectivity index (χ4n) is 3.02. The number of nitrogens with one attached hydrogen (secondary N) is 1. The van der Waals surface area contributed by atoms with E-state index < -0.39 is 0 Å². The Balaban J connectivity index is 1.79. The largest absolute Gasteiger partial charge is 0.378 e. The van der Waals surface area contributed by atoms with Crippen LogP contribution in [0.5, 0.6) is 0 Å². The lowest BCUT2D eigenvalue weighted by Crippen LogP contribution is -2.38. The average Bonchev–Trinajstić information content (AvgIpc) is 3.16. The minimum atomic E-state index is 0.409. The lowest BCUT2D eigenvalue weighted by molar-refractivity contribution is 0.122. The third-order valence-electron chi connectivity index (χ3n) is 4.09. The van der Waals surface area contributed by atoms with Crippen LogP contribution < -0.4 is 10.2 Å². The molecule has 0 bridgehead atoms. The van der Waals surface area contributed by atoms with Crippen LogP contribution in [0, 0.1) is 0 Å². The highest BCUT2D eigenvalue weighted by molar-refractivity contribution is 7.07. The van der Waals surface area contributed by atoms with E-state index in [4.69, 9.17) is 9.84 Å². The summed E-state index contributed by atoms with van der Waals surface area (Å²) in [6.45, 7) is 9.43. The van der Waals surface area contributed by atoms with Crippen LogP contribution in [0.1, 0.15) is 36.7 Å². The monoisotopic (exact) mass is 335 g/mol. The molecular weight excluding hydrogens is 310 g/mol. The Hall–Kier alpha value is -1.44. The number of anilines is 1. The Morgan fingerprint density at radius 1 is 1.30 bits per heavy atom. The van der Waals surface area contributed by atoms with Gasteiger partial charge < -0.3 is 15.0 Å². The first kappa shape index (κ1) is 16.4. The van der Waals surface area contributed by atoms with Crippen molar-refractivity contribution in [2.75, 3.05) is 31.2 Å². The van der Waals surface area contributed by atoms with E-state index in [1.54, 1.807) is 11.3 Å². The van der Waals surface area contributed by atoms with Crippen molar-refractivity contribution in [3.63, 3.8) is 0 Å². The van der Waals surface area contributed by atoms with E-state index in [1.165, 1.54) is 17.1 Å². The Kier molecular flexibility index (Phi) is 5.30. The SMILES string of the molecule is CC(C)c1nn(C)c(N2CCOCC2)c1CNCc1cscn1. The predicted molar refractivity (Wildman–Crippen MR) is 93.0 cm³/mol. The van der Waals surface area contributed by atoms with Crippen molar-refractivity contribution in [2.45, 2.75) is 32.9 Å². The van der Waals surface area contributed by atoms with Crippen LogP contribution in [0.2, 0.25) is 0 Å². The molecule has 0 unspecified atom stereocenters. The van der Waals surface area contributed by atoms with Crippen LogP contribution in [-0.4, -0.2) is 41.1 Å². The van der Waals surface area contributed by atoms with Gasteiger partial charge in [0.1, 0.15) is 5.82 Å². The van der Waals surface area contributed by atoms with E-state index in [0.29, 0.717) is 5.92 Å². The molecule has 3 rings (SSSR count). The quantitative estimate of drug-likeness (QED) is 0.876. The molecule has 1 saturated heterocycles. The third kappa shape index (κ3) is 3.73. The van der Waals surface area contributed by atoms with Crippen molar-refractivity contribution in [3.05, 3.63) is 27.8 Å². The lowest BCUT2D eigenvalue weighted by Gasteiger charge is -2.29. The second-order valence-corrected chi connectivity index (χ2v) is 6.87. The molecule has 0 spiro atoms. The summed E-state index contributed by atoms with van der Waals surface area (Å²) in [5.41, 5.74) is 5.46. The molecular formula is C16H25N5OS. The molecule has 1 aliphatic rings. The standard InChI is InChI=1S/C16H25N5OS/c1-12(2)15-14(9-17-8-13-10-23-11-18-13)16(20(3)19-15)21-4-6-22-7-5-21/h10-12,17H,4-9H2,1-3H3. The smallest absolute Gasteiger partial charge is 0.131 e. The molecule has 3 heterocycles. The summed E-state index contributed by atoms with van der Waals surface area (Å²) in [4.78, 5) is 6.72. The molecule has 0 saturated carbocycles. The predicted octanol–water partition coefficient (Wildman–Crippen LogP) is 2.13. The zero-order valence-corrected chi connectivity index (χ0v) is 14.9. The maximum Gasteiger partial charge on any atom is 0.131 e. The zero-order valence-electron chi connectivity index (χ0n) is 14.1. The van der Waals surface area contributed by atoms with Gasteiger partial charge in [-0.3, -0.25) is 4.68 Å². The molecule has 6 nitrogen and oxygen atoms in total. The number of hydrogen-bond donors (Lipinski definition) is 1. The minimum Gasteiger partial charge on any atom is -0.378 e. The Morgan fingerprint density at radius 3 is 2.74 bits per heavy atom. The van der Waals surface area contributed by atoms with Crippen LogP contribution >= 0.6 is 11.3 Å². The van der Waals surface area contributed by atoms with E-state index in [9.17, 15) is 0 Å². The highest BCUT2D eigenvalue weighted by Gasteiger charge is 2.23. The normalized spacial score (nSPS) is 15.6. The summed E-state index contributed by atoms with van der Waals surface area (Å²) in [6, 6.07) is 0. The molecule has 0 atom stereocenters. The first-order valence-corrected chi connectivity index (χ1v) is 9.07. The third-order valence-corrected chi connectivity index (χ3v) is 4.73. The number of nitrogens with zero attached hydrogens (tertiary/aromatic N) is 4. The van der Waals surface area contributed by atoms with Crippen LogP contribution in [0.4, 0.5) is 5.82 Å².